The third-order valence-electron chi connectivity index (χ3n) is 3.91. The number of hydrogen-bond donors (Lipinski definition) is 2. The van der Waals surface area contributed by atoms with Crippen LogP contribution in [0.5, 0.6) is 0 Å². The molecule has 1 amide bonds. The molecule has 1 rings (SSSR count). The van der Waals surface area contributed by atoms with Crippen molar-refractivity contribution in [2.75, 3.05) is 13.1 Å². The highest BCUT2D eigenvalue weighted by Gasteiger charge is 2.19. The number of carbonyl (C=O) groups is 1. The van der Waals surface area contributed by atoms with E-state index in [1.807, 2.05) is 45.0 Å². The molecule has 0 radical (unpaired) electrons. The summed E-state index contributed by atoms with van der Waals surface area (Å²) in [5.41, 5.74) is 0.723. The van der Waals surface area contributed by atoms with Gasteiger partial charge in [0, 0.05) is 24.2 Å². The Morgan fingerprint density at radius 3 is 2.21 bits per heavy atom. The van der Waals surface area contributed by atoms with Gasteiger partial charge in [0.2, 0.25) is 0 Å². The zero-order valence-corrected chi connectivity index (χ0v) is 16.4. The Hall–Kier alpha value is -1.26. The van der Waals surface area contributed by atoms with E-state index in [0.29, 0.717) is 18.4 Å². The highest BCUT2D eigenvalue weighted by atomic mass is 35.5. The maximum Gasteiger partial charge on any atom is 0.407 e. The fourth-order valence-electron chi connectivity index (χ4n) is 2.27. The minimum Gasteiger partial charge on any atom is -0.444 e. The molecule has 0 aliphatic carbocycles. The van der Waals surface area contributed by atoms with Gasteiger partial charge in [-0.1, -0.05) is 37.6 Å². The van der Waals surface area contributed by atoms with Gasteiger partial charge in [-0.05, 0) is 57.2 Å². The Labute approximate surface area is 151 Å². The number of carbonyl (C=O) groups excluding carboxylic acids is 1. The zero-order valence-electron chi connectivity index (χ0n) is 15.7. The average molecular weight is 355 g/mol. The van der Waals surface area contributed by atoms with Gasteiger partial charge in [-0.25, -0.2) is 4.79 Å². The van der Waals surface area contributed by atoms with Crippen molar-refractivity contribution < 1.29 is 9.53 Å². The molecule has 1 aromatic rings. The predicted molar refractivity (Wildman–Crippen MR) is 100 cm³/mol. The van der Waals surface area contributed by atoms with Crippen LogP contribution in [0.3, 0.4) is 0 Å². The van der Waals surface area contributed by atoms with E-state index in [-0.39, 0.29) is 12.1 Å². The van der Waals surface area contributed by atoms with E-state index < -0.39 is 5.60 Å². The van der Waals surface area contributed by atoms with Crippen LogP contribution in [0.15, 0.2) is 24.3 Å². The van der Waals surface area contributed by atoms with Crippen molar-refractivity contribution in [3.05, 3.63) is 34.9 Å². The molecule has 2 N–H and O–H groups in total. The molecule has 0 fully saturated rings. The summed E-state index contributed by atoms with van der Waals surface area (Å²) < 4.78 is 5.29. The predicted octanol–water partition coefficient (Wildman–Crippen LogP) is 4.79. The normalized spacial score (nSPS) is 14.3. The zero-order chi connectivity index (χ0) is 18.3. The molecule has 24 heavy (non-hydrogen) atoms. The fraction of sp³-hybridized carbons (Fsp3) is 0.632. The number of hydrogen-bond acceptors (Lipinski definition) is 3. The fourth-order valence-corrected chi connectivity index (χ4v) is 2.40. The first-order chi connectivity index (χ1) is 11.1. The maximum absolute atomic E-state index is 11.8. The van der Waals surface area contributed by atoms with Crippen LogP contribution in [-0.4, -0.2) is 24.8 Å². The monoisotopic (exact) mass is 354 g/mol. The quantitative estimate of drug-likeness (QED) is 0.740. The van der Waals surface area contributed by atoms with Gasteiger partial charge >= 0.3 is 6.09 Å². The molecule has 0 spiro atoms. The van der Waals surface area contributed by atoms with Gasteiger partial charge in [-0.3, -0.25) is 0 Å². The van der Waals surface area contributed by atoms with Gasteiger partial charge < -0.3 is 15.4 Å². The van der Waals surface area contributed by atoms with Gasteiger partial charge in [0.1, 0.15) is 5.60 Å². The van der Waals surface area contributed by atoms with E-state index >= 15 is 0 Å². The molecule has 0 bridgehead atoms. The second-order valence-electron chi connectivity index (χ2n) is 7.57. The first kappa shape index (κ1) is 20.8. The first-order valence-electron chi connectivity index (χ1n) is 8.54. The molecule has 1 aromatic carbocycles. The van der Waals surface area contributed by atoms with E-state index in [1.54, 1.807) is 0 Å². The summed E-state index contributed by atoms with van der Waals surface area (Å²) in [6, 6.07) is 8.09. The highest BCUT2D eigenvalue weighted by molar-refractivity contribution is 6.30. The van der Waals surface area contributed by atoms with Crippen molar-refractivity contribution in [1.29, 1.82) is 0 Å². The molecular weight excluding hydrogens is 324 g/mol. The minimum absolute atomic E-state index is 0.227. The van der Waals surface area contributed by atoms with Gasteiger partial charge in [-0.2, -0.15) is 0 Å². The first-order valence-corrected chi connectivity index (χ1v) is 8.92. The molecule has 4 nitrogen and oxygen atoms in total. The molecule has 0 heterocycles. The van der Waals surface area contributed by atoms with Crippen LogP contribution >= 0.6 is 11.6 Å². The molecule has 0 saturated heterocycles. The smallest absolute Gasteiger partial charge is 0.407 e. The number of alkyl carbamates (subject to hydrolysis) is 1. The third kappa shape index (κ3) is 8.02. The molecule has 0 aliphatic heterocycles. The Bertz CT molecular complexity index is 509. The number of ether oxygens (including phenoxy) is 1. The lowest BCUT2D eigenvalue weighted by Crippen LogP contribution is -2.40. The summed E-state index contributed by atoms with van der Waals surface area (Å²) in [4.78, 5) is 11.8. The standard InChI is InChI=1S/C19H31ClN2O2/c1-13(2)16(12-22-18(23)24-19(4,5)6)11-21-14(3)15-7-9-17(20)10-8-15/h7-10,13-14,16,21H,11-12H2,1-6H3,(H,22,23)/t14-,16?/m1/s1. The van der Waals surface area contributed by atoms with E-state index in [4.69, 9.17) is 16.3 Å². The summed E-state index contributed by atoms with van der Waals surface area (Å²) >= 11 is 5.93. The second-order valence-corrected chi connectivity index (χ2v) is 8.00. The van der Waals surface area contributed by atoms with Crippen molar-refractivity contribution >= 4 is 17.7 Å². The van der Waals surface area contributed by atoms with Crippen LogP contribution in [-0.2, 0) is 4.74 Å². The molecule has 2 atom stereocenters. The summed E-state index contributed by atoms with van der Waals surface area (Å²) in [5, 5.41) is 7.15. The average Bonchev–Trinajstić information content (AvgIpc) is 2.45. The highest BCUT2D eigenvalue weighted by Crippen LogP contribution is 2.17. The van der Waals surface area contributed by atoms with Crippen molar-refractivity contribution in [3.63, 3.8) is 0 Å². The lowest BCUT2D eigenvalue weighted by Gasteiger charge is -2.25. The summed E-state index contributed by atoms with van der Waals surface area (Å²) in [6.07, 6.45) is -0.362. The van der Waals surface area contributed by atoms with Gasteiger partial charge in [0.15, 0.2) is 0 Å². The minimum atomic E-state index is -0.473. The molecule has 1 unspecified atom stereocenters. The van der Waals surface area contributed by atoms with Crippen LogP contribution < -0.4 is 10.6 Å². The molecule has 0 saturated carbocycles. The number of halogens is 1. The second kappa shape index (κ2) is 9.28. The maximum atomic E-state index is 11.8. The van der Waals surface area contributed by atoms with Crippen molar-refractivity contribution in [3.8, 4) is 0 Å². The van der Waals surface area contributed by atoms with Crippen LogP contribution in [0.25, 0.3) is 0 Å². The molecule has 0 aliphatic rings. The molecular formula is C19H31ClN2O2. The van der Waals surface area contributed by atoms with Crippen LogP contribution in [0, 0.1) is 11.8 Å². The van der Waals surface area contributed by atoms with Crippen LogP contribution in [0.4, 0.5) is 4.79 Å². The topological polar surface area (TPSA) is 50.4 Å². The Kier molecular flexibility index (Phi) is 8.04. The Balaban J connectivity index is 2.48. The summed E-state index contributed by atoms with van der Waals surface area (Å²) in [5.74, 6) is 0.775. The van der Waals surface area contributed by atoms with Gasteiger partial charge in [0.05, 0.1) is 0 Å². The SMILES string of the molecule is CC(C)C(CNC(=O)OC(C)(C)C)CN[C@H](C)c1ccc(Cl)cc1. The summed E-state index contributed by atoms with van der Waals surface area (Å²) in [6.45, 7) is 13.4. The van der Waals surface area contributed by atoms with Gasteiger partial charge in [0.25, 0.3) is 0 Å². The van der Waals surface area contributed by atoms with E-state index in [0.717, 1.165) is 11.6 Å². The van der Waals surface area contributed by atoms with Crippen LogP contribution in [0.2, 0.25) is 5.02 Å². The van der Waals surface area contributed by atoms with Crippen molar-refractivity contribution in [2.24, 2.45) is 11.8 Å². The van der Waals surface area contributed by atoms with Crippen molar-refractivity contribution in [1.82, 2.24) is 10.6 Å². The molecule has 0 aromatic heterocycles. The molecule has 5 heteroatoms. The molecule has 136 valence electrons. The number of benzene rings is 1. The van der Waals surface area contributed by atoms with Crippen molar-refractivity contribution in [2.45, 2.75) is 53.2 Å². The number of amides is 1. The summed E-state index contributed by atoms with van der Waals surface area (Å²) in [7, 11) is 0. The van der Waals surface area contributed by atoms with Gasteiger partial charge in [-0.15, -0.1) is 0 Å². The lowest BCUT2D eigenvalue weighted by molar-refractivity contribution is 0.0514. The van der Waals surface area contributed by atoms with E-state index in [9.17, 15) is 4.79 Å². The van der Waals surface area contributed by atoms with Crippen LogP contribution in [0.1, 0.15) is 53.1 Å². The third-order valence-corrected chi connectivity index (χ3v) is 4.16. The number of rotatable bonds is 7. The van der Waals surface area contributed by atoms with E-state index in [2.05, 4.69) is 31.4 Å². The largest absolute Gasteiger partial charge is 0.444 e. The number of nitrogens with one attached hydrogen (secondary N) is 2. The Morgan fingerprint density at radius 2 is 1.71 bits per heavy atom. The lowest BCUT2D eigenvalue weighted by atomic mass is 9.95. The Morgan fingerprint density at radius 1 is 1.12 bits per heavy atom. The van der Waals surface area contributed by atoms with E-state index in [1.165, 1.54) is 5.56 Å².